The first-order chi connectivity index (χ1) is 15.5. The number of carbonyl (C=O) groups excluding carboxylic acids is 3. The van der Waals surface area contributed by atoms with Gasteiger partial charge in [0, 0.05) is 0 Å². The number of aliphatic hydroxyl groups is 1. The van der Waals surface area contributed by atoms with Crippen molar-refractivity contribution in [3.63, 3.8) is 0 Å². The van der Waals surface area contributed by atoms with Gasteiger partial charge in [0.2, 0.25) is 10.0 Å². The molecule has 2 atom stereocenters. The first-order valence-corrected chi connectivity index (χ1v) is 11.2. The first kappa shape index (κ1) is 25.9. The molecule has 3 N–H and O–H groups in total. The van der Waals surface area contributed by atoms with Crippen molar-refractivity contribution in [2.45, 2.75) is 30.9 Å². The van der Waals surface area contributed by atoms with E-state index in [1.807, 2.05) is 4.72 Å². The normalized spacial score (nSPS) is 13.0. The van der Waals surface area contributed by atoms with Crippen LogP contribution >= 0.6 is 0 Å². The second kappa shape index (κ2) is 11.5. The molecule has 33 heavy (non-hydrogen) atoms. The van der Waals surface area contributed by atoms with Gasteiger partial charge in [-0.3, -0.25) is 9.59 Å². The summed E-state index contributed by atoms with van der Waals surface area (Å²) in [5, 5.41) is 12.2. The van der Waals surface area contributed by atoms with Gasteiger partial charge in [-0.05, 0) is 50.2 Å². The highest BCUT2D eigenvalue weighted by atomic mass is 32.2. The maximum atomic E-state index is 13.0. The third-order valence-electron chi connectivity index (χ3n) is 4.18. The minimum atomic E-state index is -4.30. The summed E-state index contributed by atoms with van der Waals surface area (Å²) in [6.07, 6.45) is -1.51. The molecule has 0 fully saturated rings. The fraction of sp³-hybridized carbons (Fsp3) is 0.286. The molecule has 2 rings (SSSR count). The van der Waals surface area contributed by atoms with Crippen LogP contribution in [0.1, 0.15) is 24.2 Å². The quantitative estimate of drug-likeness (QED) is 0.428. The summed E-state index contributed by atoms with van der Waals surface area (Å²) in [4.78, 5) is 36.2. The Bertz CT molecular complexity index is 1100. The molecule has 12 heteroatoms. The molecule has 0 saturated carbocycles. The van der Waals surface area contributed by atoms with Crippen LogP contribution in [0, 0.1) is 5.82 Å². The lowest BCUT2D eigenvalue weighted by molar-refractivity contribution is -0.151. The SMILES string of the molecule is CCOC(=O)c1ccccc1NC(=O)COC(=O)C(NS(=O)(=O)c1ccc(F)cc1)C(C)O. The minimum Gasteiger partial charge on any atom is -0.462 e. The van der Waals surface area contributed by atoms with Gasteiger partial charge in [-0.15, -0.1) is 0 Å². The van der Waals surface area contributed by atoms with E-state index in [9.17, 15) is 32.3 Å². The van der Waals surface area contributed by atoms with Gasteiger partial charge in [0.05, 0.1) is 28.9 Å². The molecule has 10 nitrogen and oxygen atoms in total. The van der Waals surface area contributed by atoms with Crippen LogP contribution in [0.2, 0.25) is 0 Å². The Kier molecular flexibility index (Phi) is 9.02. The summed E-state index contributed by atoms with van der Waals surface area (Å²) in [6.45, 7) is 2.08. The summed E-state index contributed by atoms with van der Waals surface area (Å²) in [5.41, 5.74) is 0.217. The Balaban J connectivity index is 2.03. The Morgan fingerprint density at radius 3 is 2.30 bits per heavy atom. The average Bonchev–Trinajstić information content (AvgIpc) is 2.76. The predicted octanol–water partition coefficient (Wildman–Crippen LogP) is 1.21. The molecule has 0 aliphatic carbocycles. The van der Waals surface area contributed by atoms with Gasteiger partial charge in [-0.2, -0.15) is 4.72 Å². The first-order valence-electron chi connectivity index (χ1n) is 9.73. The maximum Gasteiger partial charge on any atom is 0.340 e. The van der Waals surface area contributed by atoms with Crippen LogP contribution in [-0.4, -0.2) is 56.7 Å². The van der Waals surface area contributed by atoms with Crippen molar-refractivity contribution in [2.75, 3.05) is 18.5 Å². The van der Waals surface area contributed by atoms with Gasteiger partial charge in [0.15, 0.2) is 6.61 Å². The number of anilines is 1. The average molecular weight is 482 g/mol. The van der Waals surface area contributed by atoms with Crippen LogP contribution in [0.25, 0.3) is 0 Å². The van der Waals surface area contributed by atoms with Crippen LogP contribution in [0.3, 0.4) is 0 Å². The summed E-state index contributed by atoms with van der Waals surface area (Å²) in [6, 6.07) is 8.09. The summed E-state index contributed by atoms with van der Waals surface area (Å²) in [5.74, 6) is -3.35. The number of hydrogen-bond donors (Lipinski definition) is 3. The molecule has 2 aromatic carbocycles. The molecule has 0 saturated heterocycles. The van der Waals surface area contributed by atoms with Gasteiger partial charge in [0.1, 0.15) is 11.9 Å². The Labute approximate surface area is 189 Å². The number of ether oxygens (including phenoxy) is 2. The third-order valence-corrected chi connectivity index (χ3v) is 5.64. The minimum absolute atomic E-state index is 0.0907. The predicted molar refractivity (Wildman–Crippen MR) is 114 cm³/mol. The fourth-order valence-electron chi connectivity index (χ4n) is 2.58. The van der Waals surface area contributed by atoms with E-state index < -0.39 is 52.4 Å². The lowest BCUT2D eigenvalue weighted by Gasteiger charge is -2.20. The largest absolute Gasteiger partial charge is 0.462 e. The van der Waals surface area contributed by atoms with Crippen LogP contribution in [0.4, 0.5) is 10.1 Å². The second-order valence-electron chi connectivity index (χ2n) is 6.72. The van der Waals surface area contributed by atoms with E-state index in [4.69, 9.17) is 9.47 Å². The molecule has 0 spiro atoms. The van der Waals surface area contributed by atoms with E-state index in [1.54, 1.807) is 19.1 Å². The molecule has 1 amide bonds. The monoisotopic (exact) mass is 482 g/mol. The molecular weight excluding hydrogens is 459 g/mol. The summed E-state index contributed by atoms with van der Waals surface area (Å²) >= 11 is 0. The smallest absolute Gasteiger partial charge is 0.340 e. The second-order valence-corrected chi connectivity index (χ2v) is 8.43. The zero-order valence-electron chi connectivity index (χ0n) is 17.8. The van der Waals surface area contributed by atoms with E-state index in [0.717, 1.165) is 31.2 Å². The van der Waals surface area contributed by atoms with Crippen molar-refractivity contribution in [2.24, 2.45) is 0 Å². The summed E-state index contributed by atoms with van der Waals surface area (Å²) < 4.78 is 49.6. The molecule has 2 unspecified atom stereocenters. The molecule has 2 aromatic rings. The van der Waals surface area contributed by atoms with Crippen molar-refractivity contribution >= 4 is 33.6 Å². The molecule has 0 heterocycles. The molecule has 0 aliphatic rings. The van der Waals surface area contributed by atoms with Crippen LogP contribution < -0.4 is 10.0 Å². The number of amides is 1. The van der Waals surface area contributed by atoms with Gasteiger partial charge in [-0.1, -0.05) is 12.1 Å². The standard InChI is InChI=1S/C21H23FN2O8S/c1-3-31-20(27)16-6-4-5-7-17(16)23-18(26)12-32-21(28)19(13(2)25)24-33(29,30)15-10-8-14(22)9-11-15/h4-11,13,19,24-25H,3,12H2,1-2H3,(H,23,26). The third kappa shape index (κ3) is 7.34. The highest BCUT2D eigenvalue weighted by Gasteiger charge is 2.31. The highest BCUT2D eigenvalue weighted by molar-refractivity contribution is 7.89. The van der Waals surface area contributed by atoms with E-state index in [2.05, 4.69) is 5.32 Å². The van der Waals surface area contributed by atoms with Crippen molar-refractivity contribution in [3.05, 3.63) is 59.9 Å². The van der Waals surface area contributed by atoms with Crippen LogP contribution in [-0.2, 0) is 29.1 Å². The van der Waals surface area contributed by atoms with E-state index in [-0.39, 0.29) is 22.8 Å². The Morgan fingerprint density at radius 1 is 1.06 bits per heavy atom. The Hall–Kier alpha value is -3.35. The topological polar surface area (TPSA) is 148 Å². The number of nitrogens with one attached hydrogen (secondary N) is 2. The van der Waals surface area contributed by atoms with Gasteiger partial charge in [0.25, 0.3) is 5.91 Å². The molecule has 178 valence electrons. The lowest BCUT2D eigenvalue weighted by atomic mass is 10.2. The number of halogens is 1. The van der Waals surface area contributed by atoms with Gasteiger partial charge < -0.3 is 19.9 Å². The van der Waals surface area contributed by atoms with Crippen molar-refractivity contribution < 1.29 is 41.8 Å². The Morgan fingerprint density at radius 2 is 1.70 bits per heavy atom. The van der Waals surface area contributed by atoms with E-state index >= 15 is 0 Å². The van der Waals surface area contributed by atoms with E-state index in [1.165, 1.54) is 12.1 Å². The van der Waals surface area contributed by atoms with Crippen LogP contribution in [0.5, 0.6) is 0 Å². The zero-order chi connectivity index (χ0) is 24.6. The lowest BCUT2D eigenvalue weighted by Crippen LogP contribution is -2.48. The highest BCUT2D eigenvalue weighted by Crippen LogP contribution is 2.16. The molecular formula is C21H23FN2O8S. The number of benzene rings is 2. The zero-order valence-corrected chi connectivity index (χ0v) is 18.6. The number of rotatable bonds is 10. The molecule has 0 bridgehead atoms. The van der Waals surface area contributed by atoms with E-state index in [0.29, 0.717) is 0 Å². The molecule has 0 aromatic heterocycles. The number of hydrogen-bond acceptors (Lipinski definition) is 8. The number of para-hydroxylation sites is 1. The fourth-order valence-corrected chi connectivity index (χ4v) is 3.84. The van der Waals surface area contributed by atoms with Gasteiger partial charge >= 0.3 is 11.9 Å². The van der Waals surface area contributed by atoms with Gasteiger partial charge in [-0.25, -0.2) is 17.6 Å². The summed E-state index contributed by atoms with van der Waals surface area (Å²) in [7, 11) is -4.30. The van der Waals surface area contributed by atoms with Crippen molar-refractivity contribution in [3.8, 4) is 0 Å². The number of aliphatic hydroxyl groups excluding tert-OH is 1. The number of esters is 2. The molecule has 0 aliphatic heterocycles. The van der Waals surface area contributed by atoms with Crippen LogP contribution in [0.15, 0.2) is 53.4 Å². The molecule has 0 radical (unpaired) electrons. The number of carbonyl (C=O) groups is 3. The van der Waals surface area contributed by atoms with Crippen molar-refractivity contribution in [1.29, 1.82) is 0 Å². The van der Waals surface area contributed by atoms with Crippen molar-refractivity contribution in [1.82, 2.24) is 4.72 Å². The number of sulfonamides is 1. The maximum absolute atomic E-state index is 13.0.